The summed E-state index contributed by atoms with van der Waals surface area (Å²) in [5, 5.41) is 3.03. The minimum Gasteiger partial charge on any atom is -0.268 e. The quantitative estimate of drug-likeness (QED) is 0.454. The predicted molar refractivity (Wildman–Crippen MR) is 108 cm³/mol. The zero-order valence-corrected chi connectivity index (χ0v) is 17.2. The molecule has 2 heterocycles. The molecule has 2 aromatic carbocycles. The fourth-order valence-electron chi connectivity index (χ4n) is 2.86. The lowest BCUT2D eigenvalue weighted by atomic mass is 10.2. The summed E-state index contributed by atoms with van der Waals surface area (Å²) in [7, 11) is -4.95. The van der Waals surface area contributed by atoms with Gasteiger partial charge in [-0.15, -0.1) is 5.10 Å². The summed E-state index contributed by atoms with van der Waals surface area (Å²) in [6.07, 6.45) is 2.83. The Morgan fingerprint density at radius 1 is 0.938 bits per heavy atom. The maximum Gasteiger partial charge on any atom is 0.308 e. The fraction of sp³-hybridized carbons (Fsp3) is 0.0500. The van der Waals surface area contributed by atoms with E-state index in [0.29, 0.717) is 0 Å². The third-order valence-electron chi connectivity index (χ3n) is 4.31. The van der Waals surface area contributed by atoms with Crippen LogP contribution in [0.5, 0.6) is 0 Å². The molecule has 0 unspecified atom stereocenters. The SMILES string of the molecule is Cc1nc(S(=O)(=O)N(C(=O)c2ccccc2)c2c(F)cccc2F)nn1-c1ncccn1. The van der Waals surface area contributed by atoms with Crippen molar-refractivity contribution in [2.75, 3.05) is 4.31 Å². The van der Waals surface area contributed by atoms with E-state index < -0.39 is 38.4 Å². The van der Waals surface area contributed by atoms with E-state index in [-0.39, 0.29) is 21.6 Å². The van der Waals surface area contributed by atoms with E-state index in [1.165, 1.54) is 43.6 Å². The molecule has 32 heavy (non-hydrogen) atoms. The minimum atomic E-state index is -4.95. The van der Waals surface area contributed by atoms with Gasteiger partial charge in [-0.3, -0.25) is 4.79 Å². The van der Waals surface area contributed by atoms with Crippen LogP contribution < -0.4 is 4.31 Å². The standard InChI is InChI=1S/C20H14F2N6O3S/c1-13-25-20(26-27(13)19-23-11-6-12-24-19)32(30,31)28(17-15(21)9-5-10-16(17)22)18(29)14-7-3-2-4-8-14/h2-12H,1H3. The molecule has 12 heteroatoms. The molecule has 0 saturated carbocycles. The molecule has 2 aromatic heterocycles. The lowest BCUT2D eigenvalue weighted by Gasteiger charge is -2.22. The maximum absolute atomic E-state index is 14.6. The minimum absolute atomic E-state index is 0.0250. The van der Waals surface area contributed by atoms with E-state index in [9.17, 15) is 22.0 Å². The number of para-hydroxylation sites is 1. The van der Waals surface area contributed by atoms with Crippen LogP contribution >= 0.6 is 0 Å². The van der Waals surface area contributed by atoms with Crippen LogP contribution in [0.15, 0.2) is 72.1 Å². The van der Waals surface area contributed by atoms with Crippen LogP contribution in [0.1, 0.15) is 16.2 Å². The number of nitrogens with zero attached hydrogens (tertiary/aromatic N) is 6. The fourth-order valence-corrected chi connectivity index (χ4v) is 4.19. The highest BCUT2D eigenvalue weighted by Gasteiger charge is 2.39. The molecule has 0 spiro atoms. The average Bonchev–Trinajstić information content (AvgIpc) is 3.19. The van der Waals surface area contributed by atoms with E-state index in [4.69, 9.17) is 0 Å². The Bertz CT molecular complexity index is 1380. The van der Waals surface area contributed by atoms with Crippen LogP contribution in [0.2, 0.25) is 0 Å². The van der Waals surface area contributed by atoms with Crippen molar-refractivity contribution >= 4 is 21.6 Å². The molecule has 0 radical (unpaired) electrons. The Kier molecular flexibility index (Phi) is 5.45. The number of carbonyl (C=O) groups is 1. The first-order valence-corrected chi connectivity index (χ1v) is 10.5. The van der Waals surface area contributed by atoms with Gasteiger partial charge in [0.15, 0.2) is 11.6 Å². The third-order valence-corrected chi connectivity index (χ3v) is 5.77. The summed E-state index contributed by atoms with van der Waals surface area (Å²) in [4.78, 5) is 25.0. The maximum atomic E-state index is 14.6. The molecule has 162 valence electrons. The largest absolute Gasteiger partial charge is 0.308 e. The van der Waals surface area contributed by atoms with Gasteiger partial charge in [-0.2, -0.15) is 17.4 Å². The van der Waals surface area contributed by atoms with Crippen LogP contribution in [-0.4, -0.2) is 39.1 Å². The molecule has 0 aliphatic carbocycles. The van der Waals surface area contributed by atoms with Gasteiger partial charge in [0.2, 0.25) is 0 Å². The van der Waals surface area contributed by atoms with Crippen molar-refractivity contribution in [3.63, 3.8) is 0 Å². The second kappa shape index (κ2) is 8.23. The van der Waals surface area contributed by atoms with Crippen molar-refractivity contribution in [2.24, 2.45) is 0 Å². The molecule has 0 aliphatic heterocycles. The number of halogens is 2. The van der Waals surface area contributed by atoms with Crippen molar-refractivity contribution in [3.05, 3.63) is 90.0 Å². The number of sulfonamides is 1. The zero-order valence-electron chi connectivity index (χ0n) is 16.4. The van der Waals surface area contributed by atoms with Gasteiger partial charge in [0, 0.05) is 18.0 Å². The first-order valence-electron chi connectivity index (χ1n) is 9.10. The van der Waals surface area contributed by atoms with Gasteiger partial charge in [-0.1, -0.05) is 24.3 Å². The van der Waals surface area contributed by atoms with Gasteiger partial charge in [-0.25, -0.2) is 23.7 Å². The van der Waals surface area contributed by atoms with E-state index in [1.807, 2.05) is 0 Å². The van der Waals surface area contributed by atoms with Gasteiger partial charge in [0.1, 0.15) is 11.5 Å². The van der Waals surface area contributed by atoms with Crippen LogP contribution in [0.25, 0.3) is 5.95 Å². The van der Waals surface area contributed by atoms with Gasteiger partial charge in [0.05, 0.1) is 0 Å². The van der Waals surface area contributed by atoms with E-state index >= 15 is 0 Å². The molecule has 0 N–H and O–H groups in total. The second-order valence-corrected chi connectivity index (χ2v) is 8.09. The molecule has 0 saturated heterocycles. The second-order valence-electron chi connectivity index (χ2n) is 6.41. The Hall–Kier alpha value is -4.06. The summed E-state index contributed by atoms with van der Waals surface area (Å²) in [6.45, 7) is 1.44. The van der Waals surface area contributed by atoms with Crippen LogP contribution in [0, 0.1) is 18.6 Å². The van der Waals surface area contributed by atoms with Gasteiger partial charge in [0.25, 0.3) is 17.0 Å². The number of amides is 1. The number of aryl methyl sites for hydroxylation is 1. The zero-order chi connectivity index (χ0) is 22.9. The van der Waals surface area contributed by atoms with Gasteiger partial charge < -0.3 is 0 Å². The number of rotatable bonds is 5. The van der Waals surface area contributed by atoms with Crippen LogP contribution in [-0.2, 0) is 10.0 Å². The highest BCUT2D eigenvalue weighted by molar-refractivity contribution is 7.93. The van der Waals surface area contributed by atoms with Crippen molar-refractivity contribution in [1.29, 1.82) is 0 Å². The number of aromatic nitrogens is 5. The molecular formula is C20H14F2N6O3S. The van der Waals surface area contributed by atoms with Gasteiger partial charge in [-0.05, 0) is 37.3 Å². The first-order chi connectivity index (χ1) is 15.3. The molecule has 9 nitrogen and oxygen atoms in total. The van der Waals surface area contributed by atoms with Crippen molar-refractivity contribution in [3.8, 4) is 5.95 Å². The summed E-state index contributed by atoms with van der Waals surface area (Å²) in [5.41, 5.74) is -1.17. The molecule has 4 rings (SSSR count). The normalized spacial score (nSPS) is 11.3. The van der Waals surface area contributed by atoms with Gasteiger partial charge >= 0.3 is 10.0 Å². The van der Waals surface area contributed by atoms with Crippen LogP contribution in [0.4, 0.5) is 14.5 Å². The lowest BCUT2D eigenvalue weighted by Crippen LogP contribution is -2.39. The summed E-state index contributed by atoms with van der Waals surface area (Å²) in [5.74, 6) is -3.58. The van der Waals surface area contributed by atoms with Crippen molar-refractivity contribution in [2.45, 2.75) is 12.1 Å². The van der Waals surface area contributed by atoms with E-state index in [0.717, 1.165) is 22.9 Å². The number of benzene rings is 2. The van der Waals surface area contributed by atoms with Crippen LogP contribution in [0.3, 0.4) is 0 Å². The van der Waals surface area contributed by atoms with E-state index in [2.05, 4.69) is 20.1 Å². The summed E-state index contributed by atoms with van der Waals surface area (Å²) in [6, 6.07) is 11.5. The molecule has 0 aliphatic rings. The smallest absolute Gasteiger partial charge is 0.268 e. The number of anilines is 1. The highest BCUT2D eigenvalue weighted by Crippen LogP contribution is 2.30. The Balaban J connectivity index is 1.91. The van der Waals surface area contributed by atoms with E-state index in [1.54, 1.807) is 12.1 Å². The molecular weight excluding hydrogens is 442 g/mol. The molecule has 0 bridgehead atoms. The molecule has 1 amide bonds. The third kappa shape index (κ3) is 3.71. The topological polar surface area (TPSA) is 111 Å². The Morgan fingerprint density at radius 3 is 2.19 bits per heavy atom. The highest BCUT2D eigenvalue weighted by atomic mass is 32.2. The lowest BCUT2D eigenvalue weighted by molar-refractivity contribution is 0.100. The average molecular weight is 456 g/mol. The molecule has 0 atom stereocenters. The number of carbonyl (C=O) groups excluding carboxylic acids is 1. The van der Waals surface area contributed by atoms with Crippen molar-refractivity contribution in [1.82, 2.24) is 24.7 Å². The number of hydrogen-bond acceptors (Lipinski definition) is 7. The number of hydrogen-bond donors (Lipinski definition) is 0. The first kappa shape index (κ1) is 21.2. The summed E-state index contributed by atoms with van der Waals surface area (Å²) >= 11 is 0. The predicted octanol–water partition coefficient (Wildman–Crippen LogP) is 2.68. The molecule has 0 fully saturated rings. The van der Waals surface area contributed by atoms with Crippen molar-refractivity contribution < 1.29 is 22.0 Å². The monoisotopic (exact) mass is 456 g/mol. The molecule has 4 aromatic rings. The Morgan fingerprint density at radius 2 is 1.56 bits per heavy atom. The Labute approximate surface area is 181 Å². The summed E-state index contributed by atoms with van der Waals surface area (Å²) < 4.78 is 57.2.